The number of methoxy groups -OCH3 is 1. The Bertz CT molecular complexity index is 261. The van der Waals surface area contributed by atoms with Gasteiger partial charge in [0.15, 0.2) is 0 Å². The van der Waals surface area contributed by atoms with Crippen LogP contribution in [0.25, 0.3) is 0 Å². The zero-order chi connectivity index (χ0) is 14.5. The maximum absolute atomic E-state index is 10.8. The second kappa shape index (κ2) is 12.0. The average Bonchev–Trinajstić information content (AvgIpc) is 2.37. The van der Waals surface area contributed by atoms with E-state index in [0.29, 0.717) is 6.42 Å². The molecule has 2 N–H and O–H groups in total. The van der Waals surface area contributed by atoms with Gasteiger partial charge in [0.1, 0.15) is 0 Å². The third-order valence-electron chi connectivity index (χ3n) is 3.08. The molecule has 0 aromatic carbocycles. The van der Waals surface area contributed by atoms with Crippen LogP contribution in [0.2, 0.25) is 0 Å². The van der Waals surface area contributed by atoms with E-state index < -0.39 is 5.97 Å². The summed E-state index contributed by atoms with van der Waals surface area (Å²) in [6, 6.07) is 0. The zero-order valence-electron chi connectivity index (χ0n) is 12.2. The quantitative estimate of drug-likeness (QED) is 0.261. The van der Waals surface area contributed by atoms with Crippen LogP contribution in [0.5, 0.6) is 0 Å². The van der Waals surface area contributed by atoms with Crippen molar-refractivity contribution in [3.63, 3.8) is 0 Å². The van der Waals surface area contributed by atoms with Crippen LogP contribution in [0.4, 0.5) is 0 Å². The lowest BCUT2D eigenvalue weighted by Gasteiger charge is -2.08. The van der Waals surface area contributed by atoms with Gasteiger partial charge in [0.05, 0.1) is 25.0 Å². The van der Waals surface area contributed by atoms with E-state index in [0.717, 1.165) is 57.4 Å². The molecule has 0 aliphatic carbocycles. The van der Waals surface area contributed by atoms with Gasteiger partial charge in [0.25, 0.3) is 0 Å². The van der Waals surface area contributed by atoms with Gasteiger partial charge in [-0.1, -0.05) is 39.0 Å². The minimum absolute atomic E-state index is 0.0882. The van der Waals surface area contributed by atoms with Crippen LogP contribution >= 0.6 is 0 Å². The third-order valence-corrected chi connectivity index (χ3v) is 3.08. The van der Waals surface area contributed by atoms with E-state index in [4.69, 9.17) is 0 Å². The minimum atomic E-state index is -0.512. The molecule has 112 valence electrons. The van der Waals surface area contributed by atoms with Crippen molar-refractivity contribution in [2.24, 2.45) is 0 Å². The van der Waals surface area contributed by atoms with Crippen molar-refractivity contribution in [1.29, 1.82) is 0 Å². The molecule has 1 atom stereocenters. The molecule has 0 heterocycles. The first-order valence-corrected chi connectivity index (χ1v) is 7.25. The topological polar surface area (TPSA) is 66.8 Å². The molecule has 19 heavy (non-hydrogen) atoms. The second-order valence-corrected chi connectivity index (χ2v) is 4.91. The summed E-state index contributed by atoms with van der Waals surface area (Å²) in [5.41, 5.74) is 0. The molecule has 4 nitrogen and oxygen atoms in total. The number of allylic oxidation sites excluding steroid dienone is 1. The van der Waals surface area contributed by atoms with E-state index in [1.54, 1.807) is 0 Å². The number of hydrogen-bond acceptors (Lipinski definition) is 4. The smallest absolute Gasteiger partial charge is 0.333 e. The highest BCUT2D eigenvalue weighted by molar-refractivity contribution is 5.82. The Kier molecular flexibility index (Phi) is 11.4. The summed E-state index contributed by atoms with van der Waals surface area (Å²) in [6.45, 7) is 2.08. The van der Waals surface area contributed by atoms with Gasteiger partial charge in [-0.15, -0.1) is 0 Å². The van der Waals surface area contributed by atoms with Crippen LogP contribution in [-0.2, 0) is 9.53 Å². The summed E-state index contributed by atoms with van der Waals surface area (Å²) < 4.78 is 4.42. The standard InChI is InChI=1S/C15H28O4/c1-3-9-13(16)10-7-5-4-6-8-11-14(17)12-15(18)19-2/h12-13,16-17H,3-11H2,1-2H3. The lowest BCUT2D eigenvalue weighted by atomic mass is 10.0. The fourth-order valence-corrected chi connectivity index (χ4v) is 1.96. The van der Waals surface area contributed by atoms with Gasteiger partial charge >= 0.3 is 5.97 Å². The number of hydrogen-bond donors (Lipinski definition) is 2. The molecule has 4 heteroatoms. The fourth-order valence-electron chi connectivity index (χ4n) is 1.96. The van der Waals surface area contributed by atoms with E-state index in [1.165, 1.54) is 7.11 Å². The number of unbranched alkanes of at least 4 members (excludes halogenated alkanes) is 4. The molecule has 1 unspecified atom stereocenters. The summed E-state index contributed by atoms with van der Waals surface area (Å²) >= 11 is 0. The Balaban J connectivity index is 3.41. The highest BCUT2D eigenvalue weighted by Gasteiger charge is 2.02. The molecule has 0 aliphatic rings. The monoisotopic (exact) mass is 272 g/mol. The number of carbonyl (C=O) groups is 1. The van der Waals surface area contributed by atoms with Gasteiger partial charge in [-0.25, -0.2) is 4.79 Å². The van der Waals surface area contributed by atoms with Crippen molar-refractivity contribution in [2.75, 3.05) is 7.11 Å². The van der Waals surface area contributed by atoms with Crippen molar-refractivity contribution in [3.05, 3.63) is 11.8 Å². The predicted octanol–water partition coefficient (Wildman–Crippen LogP) is 3.49. The average molecular weight is 272 g/mol. The van der Waals surface area contributed by atoms with Crippen molar-refractivity contribution in [3.8, 4) is 0 Å². The van der Waals surface area contributed by atoms with Crippen LogP contribution < -0.4 is 0 Å². The van der Waals surface area contributed by atoms with E-state index in [-0.39, 0.29) is 11.9 Å². The number of ether oxygens (including phenoxy) is 1. The Labute approximate surface area is 116 Å². The Morgan fingerprint density at radius 1 is 1.16 bits per heavy atom. The summed E-state index contributed by atoms with van der Waals surface area (Å²) in [7, 11) is 1.29. The lowest BCUT2D eigenvalue weighted by Crippen LogP contribution is -2.04. The largest absolute Gasteiger partial charge is 0.512 e. The van der Waals surface area contributed by atoms with Crippen LogP contribution in [0.1, 0.15) is 64.7 Å². The molecule has 0 bridgehead atoms. The maximum atomic E-state index is 10.8. The molecule has 0 radical (unpaired) electrons. The normalized spacial score (nSPS) is 13.3. The minimum Gasteiger partial charge on any atom is -0.512 e. The van der Waals surface area contributed by atoms with Crippen molar-refractivity contribution in [1.82, 2.24) is 0 Å². The molecule has 0 saturated heterocycles. The Hall–Kier alpha value is -1.03. The molecule has 0 amide bonds. The number of aliphatic hydroxyl groups excluding tert-OH is 2. The van der Waals surface area contributed by atoms with E-state index in [9.17, 15) is 15.0 Å². The number of rotatable bonds is 11. The van der Waals surface area contributed by atoms with Crippen LogP contribution in [0, 0.1) is 0 Å². The first-order valence-electron chi connectivity index (χ1n) is 7.25. The second-order valence-electron chi connectivity index (χ2n) is 4.91. The first-order chi connectivity index (χ1) is 9.10. The number of esters is 1. The van der Waals surface area contributed by atoms with Crippen molar-refractivity contribution >= 4 is 5.97 Å². The zero-order valence-corrected chi connectivity index (χ0v) is 12.2. The molecule has 0 aliphatic heterocycles. The molecule has 0 spiro atoms. The number of carbonyl (C=O) groups excluding carboxylic acids is 1. The molecular weight excluding hydrogens is 244 g/mol. The molecule has 0 saturated carbocycles. The van der Waals surface area contributed by atoms with E-state index in [1.807, 2.05) is 0 Å². The summed E-state index contributed by atoms with van der Waals surface area (Å²) in [4.78, 5) is 10.8. The van der Waals surface area contributed by atoms with E-state index in [2.05, 4.69) is 11.7 Å². The Morgan fingerprint density at radius 2 is 1.79 bits per heavy atom. The van der Waals surface area contributed by atoms with Gasteiger partial charge in [0, 0.05) is 6.42 Å². The van der Waals surface area contributed by atoms with Crippen molar-refractivity contribution < 1.29 is 19.7 Å². The molecule has 0 rings (SSSR count). The van der Waals surface area contributed by atoms with Gasteiger partial charge in [-0.2, -0.15) is 0 Å². The first kappa shape index (κ1) is 18.0. The molecular formula is C15H28O4. The van der Waals surface area contributed by atoms with Gasteiger partial charge in [-0.05, 0) is 19.3 Å². The Morgan fingerprint density at radius 3 is 2.42 bits per heavy atom. The highest BCUT2D eigenvalue weighted by atomic mass is 16.5. The maximum Gasteiger partial charge on any atom is 0.333 e. The lowest BCUT2D eigenvalue weighted by molar-refractivity contribution is -0.135. The van der Waals surface area contributed by atoms with Crippen LogP contribution in [0.15, 0.2) is 11.8 Å². The van der Waals surface area contributed by atoms with Gasteiger partial charge in [-0.3, -0.25) is 0 Å². The highest BCUT2D eigenvalue weighted by Crippen LogP contribution is 2.12. The summed E-state index contributed by atoms with van der Waals surface area (Å²) in [5.74, 6) is -0.423. The third kappa shape index (κ3) is 11.8. The van der Waals surface area contributed by atoms with Crippen LogP contribution in [0.3, 0.4) is 0 Å². The molecule has 0 fully saturated rings. The fraction of sp³-hybridized carbons (Fsp3) is 0.800. The number of aliphatic hydroxyl groups is 2. The SMILES string of the molecule is CCCC(O)CCCCCCCC(O)=CC(=O)OC. The molecule has 0 aromatic heterocycles. The predicted molar refractivity (Wildman–Crippen MR) is 76.0 cm³/mol. The van der Waals surface area contributed by atoms with Crippen molar-refractivity contribution in [2.45, 2.75) is 70.8 Å². The van der Waals surface area contributed by atoms with Gasteiger partial charge in [0.2, 0.25) is 0 Å². The van der Waals surface area contributed by atoms with E-state index >= 15 is 0 Å². The summed E-state index contributed by atoms with van der Waals surface area (Å²) in [6.07, 6.45) is 9.50. The molecule has 0 aromatic rings. The van der Waals surface area contributed by atoms with Gasteiger partial charge < -0.3 is 14.9 Å². The summed E-state index contributed by atoms with van der Waals surface area (Å²) in [5, 5.41) is 19.0. The van der Waals surface area contributed by atoms with Crippen LogP contribution in [-0.4, -0.2) is 29.4 Å².